The first kappa shape index (κ1) is 22.7. The number of methoxy groups -OCH3 is 1. The maximum absolute atomic E-state index is 13.0. The van der Waals surface area contributed by atoms with E-state index in [4.69, 9.17) is 18.9 Å². The molecule has 2 aromatic heterocycles. The number of rotatable bonds is 9. The number of hydrogen-bond acceptors (Lipinski definition) is 7. The molecule has 0 N–H and O–H groups in total. The van der Waals surface area contributed by atoms with Gasteiger partial charge in [-0.25, -0.2) is 9.38 Å². The molecule has 5 aromatic rings. The summed E-state index contributed by atoms with van der Waals surface area (Å²) in [4.78, 5) is 18.3. The first-order valence-corrected chi connectivity index (χ1v) is 12.1. The van der Waals surface area contributed by atoms with Crippen molar-refractivity contribution in [2.75, 3.05) is 26.9 Å². The summed E-state index contributed by atoms with van der Waals surface area (Å²) in [7, 11) is 1.63. The molecule has 0 amide bonds. The average molecular weight is 489 g/mol. The van der Waals surface area contributed by atoms with Crippen LogP contribution in [-0.2, 0) is 0 Å². The summed E-state index contributed by atoms with van der Waals surface area (Å²) in [5.41, 5.74) is 2.41. The highest BCUT2D eigenvalue weighted by molar-refractivity contribution is 7.15. The lowest BCUT2D eigenvalue weighted by atomic mass is 10.2. The Bertz CT molecular complexity index is 1570. The number of aromatic nitrogens is 2. The third kappa shape index (κ3) is 4.79. The molecule has 0 saturated heterocycles. The summed E-state index contributed by atoms with van der Waals surface area (Å²) in [6, 6.07) is 20.7. The molecule has 3 aromatic carbocycles. The van der Waals surface area contributed by atoms with Gasteiger partial charge in [-0.3, -0.25) is 4.79 Å². The third-order valence-corrected chi connectivity index (χ3v) is 6.35. The van der Waals surface area contributed by atoms with Crippen LogP contribution in [-0.4, -0.2) is 36.3 Å². The molecule has 8 heteroatoms. The zero-order valence-corrected chi connectivity index (χ0v) is 20.2. The number of para-hydroxylation sites is 2. The molecule has 0 unspecified atom stereocenters. The molecule has 0 bridgehead atoms. The van der Waals surface area contributed by atoms with Crippen molar-refractivity contribution >= 4 is 33.4 Å². The van der Waals surface area contributed by atoms with Crippen LogP contribution in [0.4, 0.5) is 0 Å². The quantitative estimate of drug-likeness (QED) is 0.288. The second-order valence-electron chi connectivity index (χ2n) is 7.65. The Morgan fingerprint density at radius 1 is 0.914 bits per heavy atom. The Morgan fingerprint density at radius 3 is 2.49 bits per heavy atom. The number of fused-ring (bicyclic) bond motifs is 3. The van der Waals surface area contributed by atoms with E-state index in [0.717, 1.165) is 28.1 Å². The van der Waals surface area contributed by atoms with Crippen molar-refractivity contribution in [3.05, 3.63) is 87.2 Å². The lowest BCUT2D eigenvalue weighted by Crippen LogP contribution is -2.22. The molecule has 0 spiro atoms. The van der Waals surface area contributed by atoms with Crippen LogP contribution in [0.2, 0.25) is 0 Å². The van der Waals surface area contributed by atoms with E-state index in [9.17, 15) is 4.79 Å². The molecule has 0 aliphatic heterocycles. The van der Waals surface area contributed by atoms with Crippen LogP contribution in [0.3, 0.4) is 0 Å². The van der Waals surface area contributed by atoms with E-state index in [0.29, 0.717) is 40.8 Å². The van der Waals surface area contributed by atoms with Crippen LogP contribution in [0.1, 0.15) is 12.5 Å². The predicted molar refractivity (Wildman–Crippen MR) is 137 cm³/mol. The third-order valence-electron chi connectivity index (χ3n) is 5.38. The van der Waals surface area contributed by atoms with Gasteiger partial charge in [-0.15, -0.1) is 0 Å². The van der Waals surface area contributed by atoms with Crippen molar-refractivity contribution in [3.8, 4) is 23.0 Å². The van der Waals surface area contributed by atoms with Crippen LogP contribution in [0.15, 0.2) is 71.5 Å². The van der Waals surface area contributed by atoms with Crippen molar-refractivity contribution in [1.29, 1.82) is 0 Å². The number of thiazole rings is 1. The van der Waals surface area contributed by atoms with E-state index in [1.54, 1.807) is 11.5 Å². The normalized spacial score (nSPS) is 11.8. The topological polar surface area (TPSA) is 71.3 Å². The zero-order valence-electron chi connectivity index (χ0n) is 19.4. The molecule has 35 heavy (non-hydrogen) atoms. The molecule has 7 nitrogen and oxygen atoms in total. The van der Waals surface area contributed by atoms with E-state index in [1.807, 2.05) is 79.7 Å². The fraction of sp³-hybridized carbons (Fsp3) is 0.185. The highest BCUT2D eigenvalue weighted by atomic mass is 32.1. The van der Waals surface area contributed by atoms with Crippen LogP contribution in [0.25, 0.3) is 22.1 Å². The monoisotopic (exact) mass is 488 g/mol. The Morgan fingerprint density at radius 2 is 1.69 bits per heavy atom. The van der Waals surface area contributed by atoms with Crippen molar-refractivity contribution in [3.63, 3.8) is 0 Å². The van der Waals surface area contributed by atoms with Crippen molar-refractivity contribution in [2.45, 2.75) is 6.92 Å². The van der Waals surface area contributed by atoms with Gasteiger partial charge < -0.3 is 18.9 Å². The maximum Gasteiger partial charge on any atom is 0.274 e. The van der Waals surface area contributed by atoms with E-state index in [-0.39, 0.29) is 5.56 Å². The molecule has 178 valence electrons. The summed E-state index contributed by atoms with van der Waals surface area (Å²) < 4.78 is 24.9. The largest absolute Gasteiger partial charge is 0.497 e. The minimum absolute atomic E-state index is 0.0762. The summed E-state index contributed by atoms with van der Waals surface area (Å²) >= 11 is 1.37. The van der Waals surface area contributed by atoms with Gasteiger partial charge in [0.05, 0.1) is 29.3 Å². The SMILES string of the molecule is CCOc1cc(/C=c2\sc3nc4ccccc4n3c2=O)ccc1OCCOc1ccc(OC)cc1. The minimum atomic E-state index is -0.0762. The molecule has 0 aliphatic rings. The summed E-state index contributed by atoms with van der Waals surface area (Å²) in [6.07, 6.45) is 1.86. The first-order chi connectivity index (χ1) is 17.2. The van der Waals surface area contributed by atoms with Crippen molar-refractivity contribution in [1.82, 2.24) is 9.38 Å². The van der Waals surface area contributed by atoms with Crippen LogP contribution < -0.4 is 29.0 Å². The second kappa shape index (κ2) is 10.1. The Balaban J connectivity index is 1.33. The van der Waals surface area contributed by atoms with E-state index in [1.165, 1.54) is 11.3 Å². The molecule has 0 fully saturated rings. The molecule has 0 atom stereocenters. The smallest absolute Gasteiger partial charge is 0.274 e. The first-order valence-electron chi connectivity index (χ1n) is 11.2. The van der Waals surface area contributed by atoms with Crippen LogP contribution in [0, 0.1) is 0 Å². The van der Waals surface area contributed by atoms with Crippen LogP contribution in [0.5, 0.6) is 23.0 Å². The summed E-state index contributed by atoms with van der Waals surface area (Å²) in [5.74, 6) is 2.76. The van der Waals surface area contributed by atoms with Gasteiger partial charge in [0.1, 0.15) is 24.7 Å². The molecule has 5 rings (SSSR count). The Hall–Kier alpha value is -4.04. The highest BCUT2D eigenvalue weighted by Crippen LogP contribution is 2.29. The zero-order chi connectivity index (χ0) is 24.2. The van der Waals surface area contributed by atoms with Gasteiger partial charge in [0.2, 0.25) is 0 Å². The average Bonchev–Trinajstić information content (AvgIpc) is 3.39. The van der Waals surface area contributed by atoms with Gasteiger partial charge in [-0.2, -0.15) is 0 Å². The maximum atomic E-state index is 13.0. The fourth-order valence-electron chi connectivity index (χ4n) is 3.75. The Kier molecular flexibility index (Phi) is 6.54. The number of ether oxygens (including phenoxy) is 4. The number of imidazole rings is 1. The predicted octanol–water partition coefficient (Wildman–Crippen LogP) is 4.32. The van der Waals surface area contributed by atoms with E-state index >= 15 is 0 Å². The Labute approximate surface area is 205 Å². The van der Waals surface area contributed by atoms with Crippen molar-refractivity contribution in [2.24, 2.45) is 0 Å². The second-order valence-corrected chi connectivity index (χ2v) is 8.66. The number of nitrogens with zero attached hydrogens (tertiary/aromatic N) is 2. The molecular formula is C27H24N2O5S. The molecule has 2 heterocycles. The number of hydrogen-bond donors (Lipinski definition) is 0. The fourth-order valence-corrected chi connectivity index (χ4v) is 4.74. The van der Waals surface area contributed by atoms with Gasteiger partial charge >= 0.3 is 0 Å². The van der Waals surface area contributed by atoms with Gasteiger partial charge in [-0.05, 0) is 67.1 Å². The summed E-state index contributed by atoms with van der Waals surface area (Å²) in [6.45, 7) is 3.15. The van der Waals surface area contributed by atoms with Gasteiger partial charge in [-0.1, -0.05) is 29.5 Å². The van der Waals surface area contributed by atoms with Crippen molar-refractivity contribution < 1.29 is 18.9 Å². The molecular weight excluding hydrogens is 464 g/mol. The minimum Gasteiger partial charge on any atom is -0.497 e. The highest BCUT2D eigenvalue weighted by Gasteiger charge is 2.11. The number of benzene rings is 3. The van der Waals surface area contributed by atoms with Gasteiger partial charge in [0.25, 0.3) is 5.56 Å². The standard InChI is InChI=1S/C27H24N2O5S/c1-3-32-24-16-18(8-13-23(24)34-15-14-33-20-11-9-19(31-2)10-12-20)17-25-26(30)29-22-7-5-4-6-21(22)28-27(29)35-25/h4-13,16-17H,3,14-15H2,1-2H3/b25-17-. The van der Waals surface area contributed by atoms with E-state index in [2.05, 4.69) is 4.98 Å². The van der Waals surface area contributed by atoms with Gasteiger partial charge in [0, 0.05) is 0 Å². The lowest BCUT2D eigenvalue weighted by Gasteiger charge is -2.13. The molecule has 0 aliphatic carbocycles. The molecule has 0 radical (unpaired) electrons. The summed E-state index contributed by atoms with van der Waals surface area (Å²) in [5, 5.41) is 0. The lowest BCUT2D eigenvalue weighted by molar-refractivity contribution is 0.208. The van der Waals surface area contributed by atoms with Gasteiger partial charge in [0.15, 0.2) is 16.5 Å². The van der Waals surface area contributed by atoms with Crippen LogP contribution >= 0.6 is 11.3 Å². The van der Waals surface area contributed by atoms with E-state index < -0.39 is 0 Å². The molecule has 0 saturated carbocycles.